The monoisotopic (exact) mass is 432 g/mol. The summed E-state index contributed by atoms with van der Waals surface area (Å²) < 4.78 is 12.5. The number of methoxy groups -OCH3 is 1. The lowest BCUT2D eigenvalue weighted by atomic mass is 9.77. The molecule has 0 spiro atoms. The van der Waals surface area contributed by atoms with Gasteiger partial charge >= 0.3 is 0 Å². The molecule has 1 fully saturated rings. The molecule has 4 heterocycles. The van der Waals surface area contributed by atoms with Gasteiger partial charge in [-0.2, -0.15) is 10.1 Å². The van der Waals surface area contributed by atoms with Crippen LogP contribution in [0.1, 0.15) is 31.2 Å². The molecule has 164 valence electrons. The number of nitrogens with zero attached hydrogens (tertiary/aromatic N) is 7. The summed E-state index contributed by atoms with van der Waals surface area (Å²) in [6.07, 6.45) is 10.8. The summed E-state index contributed by atoms with van der Waals surface area (Å²) >= 11 is 0. The minimum atomic E-state index is -0.397. The van der Waals surface area contributed by atoms with E-state index in [0.29, 0.717) is 42.3 Å². The number of pyridine rings is 1. The van der Waals surface area contributed by atoms with Gasteiger partial charge in [-0.15, -0.1) is 0 Å². The van der Waals surface area contributed by atoms with Gasteiger partial charge in [0.25, 0.3) is 5.89 Å². The average Bonchev–Trinajstić information content (AvgIpc) is 3.37. The molecule has 1 atom stereocenters. The summed E-state index contributed by atoms with van der Waals surface area (Å²) in [7, 11) is 1.66. The molecule has 0 aromatic carbocycles. The molecule has 5 rings (SSSR count). The highest BCUT2D eigenvalue weighted by Gasteiger charge is 2.47. The number of ether oxygens (including phenoxy) is 1. The fourth-order valence-corrected chi connectivity index (χ4v) is 3.86. The third-order valence-electron chi connectivity index (χ3n) is 5.99. The van der Waals surface area contributed by atoms with Gasteiger partial charge in [-0.05, 0) is 37.3 Å². The van der Waals surface area contributed by atoms with Crippen LogP contribution in [0.4, 0.5) is 5.82 Å². The van der Waals surface area contributed by atoms with E-state index in [1.54, 1.807) is 24.2 Å². The fraction of sp³-hybridized carbons (Fsp3) is 0.364. The van der Waals surface area contributed by atoms with E-state index in [9.17, 15) is 0 Å². The first kappa shape index (κ1) is 20.3. The van der Waals surface area contributed by atoms with Gasteiger partial charge in [-0.25, -0.2) is 9.97 Å². The molecule has 0 radical (unpaired) electrons. The van der Waals surface area contributed by atoms with Crippen LogP contribution in [0.2, 0.25) is 0 Å². The first-order valence-corrected chi connectivity index (χ1v) is 10.5. The van der Waals surface area contributed by atoms with E-state index < -0.39 is 5.41 Å². The van der Waals surface area contributed by atoms with Gasteiger partial charge < -0.3 is 15.0 Å². The molecule has 1 unspecified atom stereocenters. The number of aromatic nitrogens is 7. The van der Waals surface area contributed by atoms with Gasteiger partial charge in [0.2, 0.25) is 0 Å². The topological polar surface area (TPSA) is 131 Å². The second-order valence-electron chi connectivity index (χ2n) is 8.14. The second-order valence-corrected chi connectivity index (χ2v) is 8.14. The van der Waals surface area contributed by atoms with E-state index in [1.165, 1.54) is 6.20 Å². The van der Waals surface area contributed by atoms with Crippen LogP contribution in [0.15, 0.2) is 47.6 Å². The van der Waals surface area contributed by atoms with E-state index in [4.69, 9.17) is 20.0 Å². The van der Waals surface area contributed by atoms with Crippen LogP contribution in [0, 0.1) is 5.92 Å². The minimum Gasteiger partial charge on any atom is -0.383 e. The molecule has 1 aliphatic carbocycles. The molecule has 10 nitrogen and oxygen atoms in total. The molecule has 1 aliphatic rings. The molecule has 10 heteroatoms. The maximum absolute atomic E-state index is 5.63. The molecule has 0 bridgehead atoms. The molecule has 2 N–H and O–H groups in total. The SMILES string of the molecule is COCCn1cc(-c2nc(C(C)(c3ccc(-c4cnc(N)cn4)nc3)C3CC3)no2)cn1. The van der Waals surface area contributed by atoms with E-state index in [1.807, 2.05) is 18.5 Å². The summed E-state index contributed by atoms with van der Waals surface area (Å²) in [5.74, 6) is 1.92. The smallest absolute Gasteiger partial charge is 0.261 e. The number of nitrogen functional groups attached to an aromatic ring is 1. The number of hydrogen-bond donors (Lipinski definition) is 1. The van der Waals surface area contributed by atoms with E-state index in [2.05, 4.69) is 38.2 Å². The summed E-state index contributed by atoms with van der Waals surface area (Å²) in [4.78, 5) is 17.8. The molecule has 32 heavy (non-hydrogen) atoms. The van der Waals surface area contributed by atoms with Crippen molar-refractivity contribution in [2.24, 2.45) is 5.92 Å². The first-order chi connectivity index (χ1) is 15.6. The van der Waals surface area contributed by atoms with Crippen molar-refractivity contribution in [3.8, 4) is 22.8 Å². The zero-order valence-electron chi connectivity index (χ0n) is 18.0. The Hall–Kier alpha value is -3.66. The molecule has 0 saturated heterocycles. The first-order valence-electron chi connectivity index (χ1n) is 10.5. The highest BCUT2D eigenvalue weighted by molar-refractivity contribution is 5.55. The number of anilines is 1. The van der Waals surface area contributed by atoms with Gasteiger partial charge in [-0.1, -0.05) is 11.2 Å². The van der Waals surface area contributed by atoms with Crippen molar-refractivity contribution < 1.29 is 9.26 Å². The summed E-state index contributed by atoms with van der Waals surface area (Å²) in [5, 5.41) is 8.68. The van der Waals surface area contributed by atoms with Gasteiger partial charge in [-0.3, -0.25) is 9.67 Å². The standard InChI is InChI=1S/C22H24N8O2/c1-22(15-3-4-15,16-5-6-17(24-10-16)18-11-26-19(23)12-25-18)21-28-20(32-29-21)14-9-27-30(13-14)7-8-31-2/h5-6,9-13,15H,3-4,7-8H2,1-2H3,(H2,23,26). The Morgan fingerprint density at radius 1 is 1.12 bits per heavy atom. The van der Waals surface area contributed by atoms with Crippen LogP contribution in [0.5, 0.6) is 0 Å². The Balaban J connectivity index is 1.43. The third kappa shape index (κ3) is 3.73. The predicted molar refractivity (Wildman–Crippen MR) is 116 cm³/mol. The van der Waals surface area contributed by atoms with E-state index >= 15 is 0 Å². The zero-order valence-corrected chi connectivity index (χ0v) is 18.0. The quantitative estimate of drug-likeness (QED) is 0.446. The van der Waals surface area contributed by atoms with Gasteiger partial charge in [0.15, 0.2) is 5.82 Å². The molecule has 1 saturated carbocycles. The predicted octanol–water partition coefficient (Wildman–Crippen LogP) is 2.73. The maximum atomic E-state index is 5.63. The second kappa shape index (κ2) is 8.12. The van der Waals surface area contributed by atoms with Crippen molar-refractivity contribution in [3.05, 3.63) is 54.5 Å². The lowest BCUT2D eigenvalue weighted by Gasteiger charge is -2.26. The Morgan fingerprint density at radius 2 is 1.97 bits per heavy atom. The van der Waals surface area contributed by atoms with Crippen molar-refractivity contribution in [2.45, 2.75) is 31.7 Å². The largest absolute Gasteiger partial charge is 0.383 e. The Bertz CT molecular complexity index is 1200. The van der Waals surface area contributed by atoms with Crippen molar-refractivity contribution in [1.82, 2.24) is 34.9 Å². The van der Waals surface area contributed by atoms with E-state index in [0.717, 1.165) is 29.7 Å². The van der Waals surface area contributed by atoms with Crippen LogP contribution in [0.25, 0.3) is 22.8 Å². The lowest BCUT2D eigenvalue weighted by Crippen LogP contribution is -2.28. The van der Waals surface area contributed by atoms with Crippen LogP contribution in [-0.2, 0) is 16.7 Å². The van der Waals surface area contributed by atoms with Crippen molar-refractivity contribution in [2.75, 3.05) is 19.5 Å². The molecule has 0 aliphatic heterocycles. The molecular formula is C22H24N8O2. The molecule has 4 aromatic heterocycles. The van der Waals surface area contributed by atoms with Gasteiger partial charge in [0.05, 0.1) is 48.4 Å². The van der Waals surface area contributed by atoms with Crippen LogP contribution < -0.4 is 5.73 Å². The normalized spacial score (nSPS) is 15.6. The Labute approximate surface area is 184 Å². The number of rotatable bonds is 8. The van der Waals surface area contributed by atoms with Crippen molar-refractivity contribution in [1.29, 1.82) is 0 Å². The third-order valence-corrected chi connectivity index (χ3v) is 5.99. The van der Waals surface area contributed by atoms with Gasteiger partial charge in [0, 0.05) is 19.5 Å². The van der Waals surface area contributed by atoms with Crippen LogP contribution >= 0.6 is 0 Å². The number of nitrogens with two attached hydrogens (primary N) is 1. The summed E-state index contributed by atoms with van der Waals surface area (Å²) in [5.41, 5.74) is 8.46. The molecule has 4 aromatic rings. The zero-order chi connectivity index (χ0) is 22.1. The molecule has 0 amide bonds. The van der Waals surface area contributed by atoms with E-state index in [-0.39, 0.29) is 0 Å². The molecular weight excluding hydrogens is 408 g/mol. The van der Waals surface area contributed by atoms with Crippen LogP contribution in [0.3, 0.4) is 0 Å². The van der Waals surface area contributed by atoms with Crippen LogP contribution in [-0.4, -0.2) is 48.6 Å². The van der Waals surface area contributed by atoms with Gasteiger partial charge in [0.1, 0.15) is 11.5 Å². The van der Waals surface area contributed by atoms with Crippen molar-refractivity contribution >= 4 is 5.82 Å². The lowest BCUT2D eigenvalue weighted by molar-refractivity contribution is 0.183. The fourth-order valence-electron chi connectivity index (χ4n) is 3.86. The highest BCUT2D eigenvalue weighted by Crippen LogP contribution is 2.50. The highest BCUT2D eigenvalue weighted by atomic mass is 16.5. The minimum absolute atomic E-state index is 0.379. The Kier molecular flexibility index (Phi) is 5.14. The average molecular weight is 432 g/mol. The number of hydrogen-bond acceptors (Lipinski definition) is 9. The van der Waals surface area contributed by atoms with Crippen molar-refractivity contribution in [3.63, 3.8) is 0 Å². The summed E-state index contributed by atoms with van der Waals surface area (Å²) in [6.45, 7) is 3.40. The summed E-state index contributed by atoms with van der Waals surface area (Å²) in [6, 6.07) is 3.99. The maximum Gasteiger partial charge on any atom is 0.261 e. The Morgan fingerprint density at radius 3 is 2.66 bits per heavy atom.